The lowest BCUT2D eigenvalue weighted by Crippen LogP contribution is -2.45. The van der Waals surface area contributed by atoms with Gasteiger partial charge >= 0.3 is 5.97 Å². The Labute approximate surface area is 515 Å². The number of carbonyl (C=O) groups excluding carboxylic acids is 2. The Morgan fingerprint density at radius 3 is 0.744 bits per heavy atom. The van der Waals surface area contributed by atoms with E-state index in [1.54, 1.807) is 0 Å². The van der Waals surface area contributed by atoms with Gasteiger partial charge in [0.05, 0.1) is 25.4 Å². The number of rotatable bonds is 73. The first kappa shape index (κ1) is 80.9. The molecule has 0 spiro atoms. The van der Waals surface area contributed by atoms with Gasteiger partial charge in [0.15, 0.2) is 0 Å². The fourth-order valence-corrected chi connectivity index (χ4v) is 12.6. The van der Waals surface area contributed by atoms with Crippen molar-refractivity contribution in [3.05, 3.63) is 0 Å². The minimum atomic E-state index is -0.661. The smallest absolute Gasteiger partial charge is 0.305 e. The van der Waals surface area contributed by atoms with E-state index in [4.69, 9.17) is 4.74 Å². The number of amides is 1. The molecule has 490 valence electrons. The average Bonchev–Trinajstić information content (AvgIpc) is 3.48. The van der Waals surface area contributed by atoms with Crippen LogP contribution in [0.5, 0.6) is 0 Å². The maximum absolute atomic E-state index is 12.6. The van der Waals surface area contributed by atoms with E-state index < -0.39 is 12.1 Å². The molecule has 0 aliphatic heterocycles. The number of carbonyl (C=O) groups is 2. The topological polar surface area (TPSA) is 95.9 Å². The van der Waals surface area contributed by atoms with Gasteiger partial charge in [-0.15, -0.1) is 0 Å². The van der Waals surface area contributed by atoms with E-state index in [9.17, 15) is 19.8 Å². The molecule has 6 heteroatoms. The molecule has 0 aromatic carbocycles. The normalized spacial score (nSPS) is 12.4. The number of aliphatic hydroxyl groups excluding tert-OH is 2. The predicted molar refractivity (Wildman–Crippen MR) is 361 cm³/mol. The van der Waals surface area contributed by atoms with Gasteiger partial charge in [-0.3, -0.25) is 9.59 Å². The molecular weight excluding hydrogens is 1010 g/mol. The van der Waals surface area contributed by atoms with Crippen LogP contribution in [0.25, 0.3) is 0 Å². The van der Waals surface area contributed by atoms with Gasteiger partial charge in [-0.2, -0.15) is 0 Å². The van der Waals surface area contributed by atoms with Gasteiger partial charge in [-0.05, 0) is 25.7 Å². The first-order valence-electron chi connectivity index (χ1n) is 38.3. The van der Waals surface area contributed by atoms with Gasteiger partial charge in [-0.25, -0.2) is 0 Å². The van der Waals surface area contributed by atoms with Crippen LogP contribution in [0.2, 0.25) is 0 Å². The second-order valence-corrected chi connectivity index (χ2v) is 26.7. The number of nitrogens with one attached hydrogen (secondary N) is 1. The molecule has 0 rings (SSSR count). The van der Waals surface area contributed by atoms with E-state index in [0.717, 1.165) is 38.5 Å². The zero-order valence-corrected chi connectivity index (χ0v) is 56.3. The monoisotopic (exact) mass is 1160 g/mol. The predicted octanol–water partition coefficient (Wildman–Crippen LogP) is 24.9. The zero-order chi connectivity index (χ0) is 59.2. The third-order valence-corrected chi connectivity index (χ3v) is 18.4. The second-order valence-electron chi connectivity index (χ2n) is 26.7. The van der Waals surface area contributed by atoms with E-state index in [1.165, 1.54) is 379 Å². The standard InChI is InChI=1S/C76H151NO5/c1-3-5-7-9-11-13-15-16-17-18-19-33-36-39-42-45-49-52-56-60-64-68-74(79)73(72-78)77-75(80)69-65-61-57-53-50-46-43-40-37-34-31-29-27-25-23-21-20-22-24-26-28-30-32-35-38-41-44-47-51-55-59-63-67-71-82-76(81)70-66-62-58-54-48-14-12-10-8-6-4-2/h73-74,78-79H,3-72H2,1-2H3,(H,77,80). The molecule has 0 aromatic heterocycles. The van der Waals surface area contributed by atoms with E-state index in [0.29, 0.717) is 25.9 Å². The Morgan fingerprint density at radius 1 is 0.293 bits per heavy atom. The first-order chi connectivity index (χ1) is 40.5. The molecule has 1 amide bonds. The average molecular weight is 1160 g/mol. The maximum Gasteiger partial charge on any atom is 0.305 e. The van der Waals surface area contributed by atoms with Gasteiger partial charge < -0.3 is 20.3 Å². The fraction of sp³-hybridized carbons (Fsp3) is 0.974. The first-order valence-corrected chi connectivity index (χ1v) is 38.3. The van der Waals surface area contributed by atoms with Crippen molar-refractivity contribution in [1.29, 1.82) is 0 Å². The van der Waals surface area contributed by atoms with E-state index in [1.807, 2.05) is 0 Å². The molecule has 2 atom stereocenters. The summed E-state index contributed by atoms with van der Waals surface area (Å²) >= 11 is 0. The lowest BCUT2D eigenvalue weighted by Gasteiger charge is -2.22. The molecule has 0 aliphatic carbocycles. The van der Waals surface area contributed by atoms with E-state index >= 15 is 0 Å². The summed E-state index contributed by atoms with van der Waals surface area (Å²) < 4.78 is 5.48. The molecule has 6 nitrogen and oxygen atoms in total. The Bertz CT molecular complexity index is 1200. The highest BCUT2D eigenvalue weighted by atomic mass is 16.5. The van der Waals surface area contributed by atoms with Crippen LogP contribution in [0.15, 0.2) is 0 Å². The van der Waals surface area contributed by atoms with Gasteiger partial charge in [0.2, 0.25) is 5.91 Å². The van der Waals surface area contributed by atoms with Crippen LogP contribution < -0.4 is 5.32 Å². The van der Waals surface area contributed by atoms with E-state index in [-0.39, 0.29) is 18.5 Å². The van der Waals surface area contributed by atoms with Crippen LogP contribution in [-0.4, -0.2) is 47.4 Å². The van der Waals surface area contributed by atoms with Crippen molar-refractivity contribution >= 4 is 11.9 Å². The van der Waals surface area contributed by atoms with Crippen LogP contribution in [0.3, 0.4) is 0 Å². The molecule has 2 unspecified atom stereocenters. The second kappa shape index (κ2) is 72.3. The molecule has 0 radical (unpaired) electrons. The van der Waals surface area contributed by atoms with Crippen molar-refractivity contribution < 1.29 is 24.5 Å². The summed E-state index contributed by atoms with van der Waals surface area (Å²) in [7, 11) is 0. The molecule has 0 fully saturated rings. The van der Waals surface area contributed by atoms with Crippen molar-refractivity contribution in [2.75, 3.05) is 13.2 Å². The Hall–Kier alpha value is -1.14. The van der Waals surface area contributed by atoms with Crippen LogP contribution in [0, 0.1) is 0 Å². The van der Waals surface area contributed by atoms with Crippen LogP contribution >= 0.6 is 0 Å². The highest BCUT2D eigenvalue weighted by molar-refractivity contribution is 5.76. The van der Waals surface area contributed by atoms with Crippen molar-refractivity contribution in [3.63, 3.8) is 0 Å². The summed E-state index contributed by atoms with van der Waals surface area (Å²) in [4.78, 5) is 24.6. The molecular formula is C76H151NO5. The van der Waals surface area contributed by atoms with Crippen molar-refractivity contribution in [2.24, 2.45) is 0 Å². The molecule has 0 saturated heterocycles. The van der Waals surface area contributed by atoms with Crippen molar-refractivity contribution in [3.8, 4) is 0 Å². The van der Waals surface area contributed by atoms with E-state index in [2.05, 4.69) is 19.2 Å². The minimum Gasteiger partial charge on any atom is -0.466 e. The molecule has 0 aromatic rings. The van der Waals surface area contributed by atoms with Crippen molar-refractivity contribution in [1.82, 2.24) is 5.32 Å². The molecule has 0 saturated carbocycles. The third-order valence-electron chi connectivity index (χ3n) is 18.4. The van der Waals surface area contributed by atoms with Gasteiger partial charge in [0.1, 0.15) is 0 Å². The summed E-state index contributed by atoms with van der Waals surface area (Å²) in [5.74, 6) is -0.00159. The van der Waals surface area contributed by atoms with Crippen LogP contribution in [0.4, 0.5) is 0 Å². The molecule has 3 N–H and O–H groups in total. The fourth-order valence-electron chi connectivity index (χ4n) is 12.6. The Kier molecular flexibility index (Phi) is 71.3. The number of ether oxygens (including phenoxy) is 1. The summed E-state index contributed by atoms with van der Waals surface area (Å²) in [6, 6.07) is -0.537. The molecule has 0 bridgehead atoms. The number of unbranched alkanes of at least 4 members (excludes halogenated alkanes) is 62. The SMILES string of the molecule is CCCCCCCCCCCCCCCCCCCCCCCC(O)C(CO)NC(=O)CCCCCCCCCCCCCCCCCCCCCCCCCCCCCCCCCCCOC(=O)CCCCCCCCCCCCC. The lowest BCUT2D eigenvalue weighted by molar-refractivity contribution is -0.143. The summed E-state index contributed by atoms with van der Waals surface area (Å²) in [5.41, 5.74) is 0. The number of aliphatic hydroxyl groups is 2. The number of esters is 1. The number of hydrogen-bond donors (Lipinski definition) is 3. The number of hydrogen-bond acceptors (Lipinski definition) is 5. The summed E-state index contributed by atoms with van der Waals surface area (Å²) in [5, 5.41) is 23.4. The van der Waals surface area contributed by atoms with Crippen molar-refractivity contribution in [2.45, 2.75) is 463 Å². The lowest BCUT2D eigenvalue weighted by atomic mass is 10.0. The molecule has 82 heavy (non-hydrogen) atoms. The maximum atomic E-state index is 12.6. The molecule has 0 heterocycles. The largest absolute Gasteiger partial charge is 0.466 e. The quantitative estimate of drug-likeness (QED) is 0.0417. The van der Waals surface area contributed by atoms with Gasteiger partial charge in [0.25, 0.3) is 0 Å². The van der Waals surface area contributed by atoms with Gasteiger partial charge in [0, 0.05) is 12.8 Å². The zero-order valence-electron chi connectivity index (χ0n) is 56.3. The summed E-state index contributed by atoms with van der Waals surface area (Å²) in [6.07, 6.45) is 89.0. The highest BCUT2D eigenvalue weighted by Gasteiger charge is 2.20. The molecule has 0 aliphatic rings. The Balaban J connectivity index is 3.32. The van der Waals surface area contributed by atoms with Crippen LogP contribution in [-0.2, 0) is 14.3 Å². The summed E-state index contributed by atoms with van der Waals surface area (Å²) in [6.45, 7) is 5.01. The Morgan fingerprint density at radius 2 is 0.500 bits per heavy atom. The van der Waals surface area contributed by atoms with Gasteiger partial charge in [-0.1, -0.05) is 412 Å². The third kappa shape index (κ3) is 68.0. The van der Waals surface area contributed by atoms with Crippen LogP contribution in [0.1, 0.15) is 450 Å². The highest BCUT2D eigenvalue weighted by Crippen LogP contribution is 2.20. The minimum absolute atomic E-state index is 0.0227.